The Balaban J connectivity index is 2.22. The molecule has 0 aromatic heterocycles. The maximum Gasteiger partial charge on any atom is 0.0564 e. The van der Waals surface area contributed by atoms with Crippen molar-refractivity contribution >= 4 is 10.8 Å². The summed E-state index contributed by atoms with van der Waals surface area (Å²) >= 11 is 0. The highest BCUT2D eigenvalue weighted by Crippen LogP contribution is 2.31. The van der Waals surface area contributed by atoms with Gasteiger partial charge in [0.1, 0.15) is 0 Å². The smallest absolute Gasteiger partial charge is 0.0564 e. The Bertz CT molecular complexity index is 444. The van der Waals surface area contributed by atoms with Crippen LogP contribution in [0.5, 0.6) is 0 Å². The summed E-state index contributed by atoms with van der Waals surface area (Å²) in [6, 6.07) is 6.33. The molecule has 94 valence electrons. The zero-order chi connectivity index (χ0) is 12.6. The highest BCUT2D eigenvalue weighted by molar-refractivity contribution is 7.85. The Hall–Kier alpha value is -0.670. The maximum atomic E-state index is 12.5. The van der Waals surface area contributed by atoms with Gasteiger partial charge >= 0.3 is 0 Å². The third kappa shape index (κ3) is 2.45. The minimum atomic E-state index is -0.908. The Morgan fingerprint density at radius 2 is 1.94 bits per heavy atom. The second-order valence-electron chi connectivity index (χ2n) is 5.18. The van der Waals surface area contributed by atoms with E-state index in [1.54, 1.807) is 0 Å². The van der Waals surface area contributed by atoms with Gasteiger partial charge in [-0.05, 0) is 55.9 Å². The van der Waals surface area contributed by atoms with Crippen molar-refractivity contribution in [3.63, 3.8) is 0 Å². The minimum absolute atomic E-state index is 0.218. The van der Waals surface area contributed by atoms with Crippen molar-refractivity contribution in [2.24, 2.45) is 11.7 Å². The van der Waals surface area contributed by atoms with Crippen molar-refractivity contribution < 1.29 is 4.21 Å². The lowest BCUT2D eigenvalue weighted by atomic mass is 10.1. The maximum absolute atomic E-state index is 12.5. The van der Waals surface area contributed by atoms with Crippen molar-refractivity contribution in [2.45, 2.75) is 49.8 Å². The molecular formula is C14H21NOS. The summed E-state index contributed by atoms with van der Waals surface area (Å²) in [5, 5.41) is 0.229. The zero-order valence-electron chi connectivity index (χ0n) is 10.8. The summed E-state index contributed by atoms with van der Waals surface area (Å²) in [7, 11) is -0.908. The van der Waals surface area contributed by atoms with Gasteiger partial charge in [0, 0.05) is 16.2 Å². The molecule has 2 N–H and O–H groups in total. The molecule has 2 rings (SSSR count). The molecular weight excluding hydrogens is 230 g/mol. The largest absolute Gasteiger partial charge is 0.327 e. The van der Waals surface area contributed by atoms with Crippen LogP contribution in [0.25, 0.3) is 0 Å². The molecule has 1 aromatic rings. The average molecular weight is 251 g/mol. The van der Waals surface area contributed by atoms with E-state index >= 15 is 0 Å². The first-order chi connectivity index (χ1) is 8.00. The van der Waals surface area contributed by atoms with E-state index in [1.807, 2.05) is 6.07 Å². The molecule has 4 atom stereocenters. The second kappa shape index (κ2) is 4.91. The standard InChI is InChI=1S/C14H21NOS/c1-9-4-5-12(8-10(9)2)17(16)14-7-6-13(15)11(14)3/h4-5,8,11,13-14H,6-7,15H2,1-3H3. The molecule has 0 radical (unpaired) electrons. The Labute approximate surface area is 106 Å². The zero-order valence-corrected chi connectivity index (χ0v) is 11.6. The highest BCUT2D eigenvalue weighted by Gasteiger charge is 2.34. The van der Waals surface area contributed by atoms with Crippen molar-refractivity contribution in [3.8, 4) is 0 Å². The van der Waals surface area contributed by atoms with Crippen LogP contribution in [0.2, 0.25) is 0 Å². The van der Waals surface area contributed by atoms with Gasteiger partial charge in [-0.3, -0.25) is 4.21 Å². The molecule has 1 aliphatic rings. The number of benzene rings is 1. The van der Waals surface area contributed by atoms with Gasteiger partial charge in [0.05, 0.1) is 10.8 Å². The van der Waals surface area contributed by atoms with Crippen molar-refractivity contribution in [2.75, 3.05) is 0 Å². The van der Waals surface area contributed by atoms with Crippen LogP contribution in [-0.2, 0) is 10.8 Å². The molecule has 0 aliphatic heterocycles. The molecule has 3 heteroatoms. The lowest BCUT2D eigenvalue weighted by molar-refractivity contribution is 0.526. The summed E-state index contributed by atoms with van der Waals surface area (Å²) in [4.78, 5) is 0.957. The molecule has 1 saturated carbocycles. The van der Waals surface area contributed by atoms with E-state index in [2.05, 4.69) is 32.9 Å². The fraction of sp³-hybridized carbons (Fsp3) is 0.571. The highest BCUT2D eigenvalue weighted by atomic mass is 32.2. The molecule has 0 bridgehead atoms. The van der Waals surface area contributed by atoms with Gasteiger partial charge in [-0.2, -0.15) is 0 Å². The topological polar surface area (TPSA) is 43.1 Å². The van der Waals surface area contributed by atoms with Gasteiger partial charge in [-0.15, -0.1) is 0 Å². The third-order valence-corrected chi connectivity index (χ3v) is 5.97. The van der Waals surface area contributed by atoms with Gasteiger partial charge in [0.2, 0.25) is 0 Å². The molecule has 0 spiro atoms. The van der Waals surface area contributed by atoms with Gasteiger partial charge < -0.3 is 5.73 Å². The molecule has 0 amide bonds. The van der Waals surface area contributed by atoms with Gasteiger partial charge in [-0.1, -0.05) is 13.0 Å². The van der Waals surface area contributed by atoms with Crippen LogP contribution in [0.1, 0.15) is 30.9 Å². The summed E-state index contributed by atoms with van der Waals surface area (Å²) in [5.74, 6) is 0.359. The Morgan fingerprint density at radius 3 is 2.47 bits per heavy atom. The van der Waals surface area contributed by atoms with Crippen LogP contribution in [-0.4, -0.2) is 15.5 Å². The third-order valence-electron chi connectivity index (χ3n) is 4.03. The second-order valence-corrected chi connectivity index (χ2v) is 6.85. The van der Waals surface area contributed by atoms with E-state index < -0.39 is 10.8 Å². The van der Waals surface area contributed by atoms with Crippen molar-refractivity contribution in [3.05, 3.63) is 29.3 Å². The molecule has 4 unspecified atom stereocenters. The molecule has 1 aromatic carbocycles. The van der Waals surface area contributed by atoms with E-state index in [9.17, 15) is 4.21 Å². The molecule has 0 heterocycles. The lowest BCUT2D eigenvalue weighted by Gasteiger charge is -2.18. The number of nitrogens with two attached hydrogens (primary N) is 1. The number of aryl methyl sites for hydroxylation is 2. The van der Waals surface area contributed by atoms with E-state index in [4.69, 9.17) is 5.73 Å². The fourth-order valence-electron chi connectivity index (χ4n) is 2.47. The summed E-state index contributed by atoms with van der Waals surface area (Å²) in [6.45, 7) is 6.28. The Morgan fingerprint density at radius 1 is 1.24 bits per heavy atom. The first kappa shape index (κ1) is 12.8. The average Bonchev–Trinajstić information content (AvgIpc) is 2.63. The van der Waals surface area contributed by atoms with Crippen molar-refractivity contribution in [1.29, 1.82) is 0 Å². The first-order valence-electron chi connectivity index (χ1n) is 6.24. The molecule has 0 saturated heterocycles. The van der Waals surface area contributed by atoms with E-state index in [0.29, 0.717) is 5.92 Å². The van der Waals surface area contributed by atoms with Gasteiger partial charge in [0.15, 0.2) is 0 Å². The normalized spacial score (nSPS) is 30.5. The fourth-order valence-corrected chi connectivity index (χ4v) is 4.26. The quantitative estimate of drug-likeness (QED) is 0.877. The summed E-state index contributed by atoms with van der Waals surface area (Å²) in [5.41, 5.74) is 8.47. The van der Waals surface area contributed by atoms with Gasteiger partial charge in [0.25, 0.3) is 0 Å². The lowest BCUT2D eigenvalue weighted by Crippen LogP contribution is -2.29. The van der Waals surface area contributed by atoms with Gasteiger partial charge in [-0.25, -0.2) is 0 Å². The first-order valence-corrected chi connectivity index (χ1v) is 7.45. The SMILES string of the molecule is Cc1ccc(S(=O)C2CCC(N)C2C)cc1C. The predicted octanol–water partition coefficient (Wildman–Crippen LogP) is 2.54. The van der Waals surface area contributed by atoms with Crippen LogP contribution < -0.4 is 5.73 Å². The number of hydrogen-bond acceptors (Lipinski definition) is 2. The van der Waals surface area contributed by atoms with Crippen LogP contribution in [0.4, 0.5) is 0 Å². The number of hydrogen-bond donors (Lipinski definition) is 1. The summed E-state index contributed by atoms with van der Waals surface area (Å²) < 4.78 is 12.5. The molecule has 1 aliphatic carbocycles. The molecule has 1 fully saturated rings. The summed E-state index contributed by atoms with van der Waals surface area (Å²) in [6.07, 6.45) is 1.99. The minimum Gasteiger partial charge on any atom is -0.327 e. The predicted molar refractivity (Wildman–Crippen MR) is 72.5 cm³/mol. The van der Waals surface area contributed by atoms with Crippen molar-refractivity contribution in [1.82, 2.24) is 0 Å². The van der Waals surface area contributed by atoms with Crippen LogP contribution in [0.3, 0.4) is 0 Å². The van der Waals surface area contributed by atoms with Crippen LogP contribution >= 0.6 is 0 Å². The number of rotatable bonds is 2. The van der Waals surface area contributed by atoms with Crippen LogP contribution in [0, 0.1) is 19.8 Å². The van der Waals surface area contributed by atoms with E-state index in [1.165, 1.54) is 11.1 Å². The monoisotopic (exact) mass is 251 g/mol. The Kier molecular flexibility index (Phi) is 3.69. The van der Waals surface area contributed by atoms with Crippen LogP contribution in [0.15, 0.2) is 23.1 Å². The van der Waals surface area contributed by atoms with E-state index in [0.717, 1.165) is 17.7 Å². The molecule has 17 heavy (non-hydrogen) atoms. The van der Waals surface area contributed by atoms with E-state index in [-0.39, 0.29) is 11.3 Å². The molecule has 2 nitrogen and oxygen atoms in total.